The van der Waals surface area contributed by atoms with Crippen LogP contribution >= 0.6 is 0 Å². The molecule has 1 atom stereocenters. The van der Waals surface area contributed by atoms with Gasteiger partial charge in [0.05, 0.1) is 0 Å². The fourth-order valence-electron chi connectivity index (χ4n) is 2.38. The standard InChI is InChI=1S/C15H32O4S.K/c1-3-5-7-9-10-12-14-15(16,20(17,18)19)13-11-8-6-4-2;/h16H,3-14H2,1-2H3,(H,17,18,19);/q;+1/p-1. The van der Waals surface area contributed by atoms with Gasteiger partial charge in [0, 0.05) is 0 Å². The van der Waals surface area contributed by atoms with Crippen molar-refractivity contribution in [3.8, 4) is 0 Å². The first-order chi connectivity index (χ1) is 9.37. The summed E-state index contributed by atoms with van der Waals surface area (Å²) < 4.78 is 33.8. The molecule has 0 rings (SSSR count). The minimum absolute atomic E-state index is 0. The Morgan fingerprint density at radius 3 is 1.52 bits per heavy atom. The van der Waals surface area contributed by atoms with E-state index >= 15 is 0 Å². The molecule has 0 aliphatic heterocycles. The van der Waals surface area contributed by atoms with Gasteiger partial charge in [-0.2, -0.15) is 0 Å². The van der Waals surface area contributed by atoms with Crippen LogP contribution in [0.25, 0.3) is 0 Å². The zero-order valence-corrected chi connectivity index (χ0v) is 18.0. The van der Waals surface area contributed by atoms with Crippen LogP contribution in [-0.2, 0) is 10.1 Å². The number of rotatable bonds is 13. The minimum Gasteiger partial charge on any atom is -0.746 e. The van der Waals surface area contributed by atoms with E-state index in [2.05, 4.69) is 13.8 Å². The fraction of sp³-hybridized carbons (Fsp3) is 1.00. The second-order valence-electron chi connectivity index (χ2n) is 5.73. The maximum Gasteiger partial charge on any atom is 1.00 e. The van der Waals surface area contributed by atoms with Crippen LogP contribution in [0, 0.1) is 0 Å². The molecule has 0 heterocycles. The van der Waals surface area contributed by atoms with Crippen LogP contribution in [0.2, 0.25) is 0 Å². The molecule has 0 aliphatic carbocycles. The zero-order chi connectivity index (χ0) is 15.5. The van der Waals surface area contributed by atoms with Crippen LogP contribution < -0.4 is 51.4 Å². The molecule has 0 aromatic carbocycles. The smallest absolute Gasteiger partial charge is 0.746 e. The third-order valence-electron chi connectivity index (χ3n) is 3.81. The molecule has 122 valence electrons. The Kier molecular flexibility index (Phi) is 16.4. The summed E-state index contributed by atoms with van der Waals surface area (Å²) in [5.41, 5.74) is 0. The molecule has 0 amide bonds. The first-order valence-corrected chi connectivity index (χ1v) is 9.46. The van der Waals surface area contributed by atoms with Gasteiger partial charge in [-0.3, -0.25) is 0 Å². The van der Waals surface area contributed by atoms with E-state index in [0.29, 0.717) is 12.8 Å². The van der Waals surface area contributed by atoms with Crippen molar-refractivity contribution in [3.05, 3.63) is 0 Å². The van der Waals surface area contributed by atoms with Crippen molar-refractivity contribution in [2.24, 2.45) is 0 Å². The largest absolute Gasteiger partial charge is 1.00 e. The van der Waals surface area contributed by atoms with Gasteiger partial charge in [0.1, 0.15) is 10.1 Å². The van der Waals surface area contributed by atoms with Crippen LogP contribution in [0.1, 0.15) is 90.9 Å². The van der Waals surface area contributed by atoms with Gasteiger partial charge in [-0.15, -0.1) is 0 Å². The van der Waals surface area contributed by atoms with Crippen molar-refractivity contribution in [1.82, 2.24) is 0 Å². The van der Waals surface area contributed by atoms with E-state index in [1.54, 1.807) is 0 Å². The first-order valence-electron chi connectivity index (χ1n) is 8.05. The first kappa shape index (κ1) is 24.8. The third-order valence-corrected chi connectivity index (χ3v) is 5.15. The van der Waals surface area contributed by atoms with Crippen molar-refractivity contribution in [2.75, 3.05) is 0 Å². The van der Waals surface area contributed by atoms with E-state index in [1.807, 2.05) is 0 Å². The quantitative estimate of drug-likeness (QED) is 0.306. The van der Waals surface area contributed by atoms with Gasteiger partial charge in [-0.25, -0.2) is 8.42 Å². The fourth-order valence-corrected chi connectivity index (χ4v) is 3.17. The Balaban J connectivity index is 0. The zero-order valence-electron chi connectivity index (χ0n) is 14.1. The third kappa shape index (κ3) is 11.6. The maximum absolute atomic E-state index is 11.3. The molecule has 0 spiro atoms. The summed E-state index contributed by atoms with van der Waals surface area (Å²) in [5.74, 6) is 0. The normalized spacial score (nSPS) is 14.5. The number of unbranched alkanes of at least 4 members (excludes halogenated alkanes) is 8. The molecule has 21 heavy (non-hydrogen) atoms. The van der Waals surface area contributed by atoms with E-state index < -0.39 is 15.1 Å². The van der Waals surface area contributed by atoms with Gasteiger partial charge in [0.15, 0.2) is 4.93 Å². The predicted octanol–water partition coefficient (Wildman–Crippen LogP) is 0.945. The topological polar surface area (TPSA) is 77.4 Å². The Labute approximate surface area is 173 Å². The molecule has 0 fully saturated rings. The monoisotopic (exact) mass is 346 g/mol. The summed E-state index contributed by atoms with van der Waals surface area (Å²) in [6.45, 7) is 4.20. The van der Waals surface area contributed by atoms with Crippen molar-refractivity contribution >= 4 is 10.1 Å². The minimum atomic E-state index is -4.64. The molecule has 1 N–H and O–H groups in total. The molecule has 4 nitrogen and oxygen atoms in total. The molecule has 0 aromatic heterocycles. The summed E-state index contributed by atoms with van der Waals surface area (Å²) in [4.78, 5) is -2.05. The summed E-state index contributed by atoms with van der Waals surface area (Å²) in [6, 6.07) is 0. The van der Waals surface area contributed by atoms with Gasteiger partial charge < -0.3 is 9.66 Å². The summed E-state index contributed by atoms with van der Waals surface area (Å²) in [5, 5.41) is 10.1. The summed E-state index contributed by atoms with van der Waals surface area (Å²) in [7, 11) is -4.64. The number of hydrogen-bond donors (Lipinski definition) is 1. The van der Waals surface area contributed by atoms with E-state index in [-0.39, 0.29) is 64.2 Å². The van der Waals surface area contributed by atoms with Crippen LogP contribution in [0.5, 0.6) is 0 Å². The van der Waals surface area contributed by atoms with Gasteiger partial charge in [0.25, 0.3) is 0 Å². The number of hydrogen-bond acceptors (Lipinski definition) is 4. The Morgan fingerprint density at radius 2 is 1.14 bits per heavy atom. The number of aliphatic hydroxyl groups is 1. The van der Waals surface area contributed by atoms with Crippen molar-refractivity contribution in [2.45, 2.75) is 95.8 Å². The molecule has 0 saturated heterocycles. The predicted molar refractivity (Wildman–Crippen MR) is 81.4 cm³/mol. The van der Waals surface area contributed by atoms with Crippen LogP contribution in [-0.4, -0.2) is 23.0 Å². The Bertz CT molecular complexity index is 333. The van der Waals surface area contributed by atoms with Crippen LogP contribution in [0.3, 0.4) is 0 Å². The second-order valence-corrected chi connectivity index (χ2v) is 7.40. The van der Waals surface area contributed by atoms with E-state index in [1.165, 1.54) is 6.42 Å². The van der Waals surface area contributed by atoms with Crippen molar-refractivity contribution in [3.63, 3.8) is 0 Å². The van der Waals surface area contributed by atoms with Crippen LogP contribution in [0.4, 0.5) is 0 Å². The summed E-state index contributed by atoms with van der Waals surface area (Å²) in [6.07, 6.45) is 9.68. The van der Waals surface area contributed by atoms with Crippen LogP contribution in [0.15, 0.2) is 0 Å². The molecule has 0 aliphatic rings. The van der Waals surface area contributed by atoms with Crippen molar-refractivity contribution in [1.29, 1.82) is 0 Å². The Hall–Kier alpha value is 1.51. The summed E-state index contributed by atoms with van der Waals surface area (Å²) >= 11 is 0. The molecular weight excluding hydrogens is 315 g/mol. The van der Waals surface area contributed by atoms with Gasteiger partial charge in [-0.1, -0.05) is 65.2 Å². The maximum atomic E-state index is 11.3. The molecule has 0 radical (unpaired) electrons. The molecular formula is C15H31KO4S. The van der Waals surface area contributed by atoms with Crippen molar-refractivity contribution < 1.29 is 69.5 Å². The average Bonchev–Trinajstić information content (AvgIpc) is 2.37. The molecule has 6 heteroatoms. The van der Waals surface area contributed by atoms with E-state index in [4.69, 9.17) is 0 Å². The SMILES string of the molecule is CCCCCCCCC(O)(CCCCCC)S(=O)(=O)[O-].[K+]. The second kappa shape index (κ2) is 13.9. The Morgan fingerprint density at radius 1 is 0.810 bits per heavy atom. The molecule has 0 aromatic rings. The average molecular weight is 347 g/mol. The molecule has 1 unspecified atom stereocenters. The van der Waals surface area contributed by atoms with E-state index in [9.17, 15) is 18.1 Å². The van der Waals surface area contributed by atoms with Gasteiger partial charge >= 0.3 is 51.4 Å². The van der Waals surface area contributed by atoms with Gasteiger partial charge in [0.2, 0.25) is 0 Å². The van der Waals surface area contributed by atoms with Gasteiger partial charge in [-0.05, 0) is 25.7 Å². The molecule has 0 saturated carbocycles. The molecule has 0 bridgehead atoms. The van der Waals surface area contributed by atoms with E-state index in [0.717, 1.165) is 44.9 Å².